The molecule has 0 amide bonds. The Kier molecular flexibility index (Phi) is 5.52. The van der Waals surface area contributed by atoms with Crippen molar-refractivity contribution in [3.63, 3.8) is 0 Å². The summed E-state index contributed by atoms with van der Waals surface area (Å²) in [5.41, 5.74) is 2.95. The van der Waals surface area contributed by atoms with Gasteiger partial charge in [0.15, 0.2) is 5.96 Å². The molecule has 1 aromatic rings. The second-order valence-electron chi connectivity index (χ2n) is 7.69. The molecule has 2 aliphatic rings. The molecule has 0 aromatic heterocycles. The van der Waals surface area contributed by atoms with Gasteiger partial charge in [0.1, 0.15) is 5.75 Å². The van der Waals surface area contributed by atoms with Gasteiger partial charge in [-0.1, -0.05) is 19.1 Å². The highest BCUT2D eigenvalue weighted by Gasteiger charge is 2.38. The van der Waals surface area contributed by atoms with E-state index in [-0.39, 0.29) is 0 Å². The van der Waals surface area contributed by atoms with Crippen LogP contribution in [0.1, 0.15) is 43.4 Å². The summed E-state index contributed by atoms with van der Waals surface area (Å²) in [6.07, 6.45) is 2.74. The summed E-state index contributed by atoms with van der Waals surface area (Å²) in [4.78, 5) is 7.40. The third-order valence-corrected chi connectivity index (χ3v) is 5.34. The molecule has 3 rings (SSSR count). The molecule has 2 atom stereocenters. The van der Waals surface area contributed by atoms with E-state index >= 15 is 0 Å². The second kappa shape index (κ2) is 7.65. The highest BCUT2D eigenvalue weighted by molar-refractivity contribution is 5.80. The summed E-state index contributed by atoms with van der Waals surface area (Å²) in [5, 5.41) is 16.9. The summed E-state index contributed by atoms with van der Waals surface area (Å²) < 4.78 is 0. The van der Waals surface area contributed by atoms with E-state index in [1.807, 2.05) is 26.0 Å². The van der Waals surface area contributed by atoms with Crippen LogP contribution in [-0.2, 0) is 6.54 Å². The number of aryl methyl sites for hydroxylation is 2. The smallest absolute Gasteiger partial charge is 0.191 e. The lowest BCUT2D eigenvalue weighted by atomic mass is 10.1. The molecule has 138 valence electrons. The fourth-order valence-electron chi connectivity index (χ4n) is 3.73. The minimum Gasteiger partial charge on any atom is -0.507 e. The Labute approximate surface area is 151 Å². The molecule has 1 aliphatic heterocycles. The fraction of sp³-hybridized carbons (Fsp3) is 0.650. The summed E-state index contributed by atoms with van der Waals surface area (Å²) in [6, 6.07) is 5.32. The largest absolute Gasteiger partial charge is 0.507 e. The third kappa shape index (κ3) is 4.46. The number of nitrogens with zero attached hydrogens (tertiary/aromatic N) is 2. The molecule has 0 radical (unpaired) electrons. The van der Waals surface area contributed by atoms with E-state index in [2.05, 4.69) is 29.4 Å². The molecular formula is C20H32N4O. The van der Waals surface area contributed by atoms with Crippen molar-refractivity contribution in [2.75, 3.05) is 19.6 Å². The number of hydrogen-bond donors (Lipinski definition) is 3. The standard InChI is InChI=1S/C20H32N4O/c1-5-21-20(22-10-16-8-13(2)19(25)14(3)9-16)23-18-12-24(11-15(18)4)17-6-7-17/h8-9,15,17-18,25H,5-7,10-12H2,1-4H3,(H2,21,22,23). The number of aromatic hydroxyl groups is 1. The van der Waals surface area contributed by atoms with Crippen molar-refractivity contribution in [1.29, 1.82) is 0 Å². The minimum atomic E-state index is 0.387. The Morgan fingerprint density at radius 3 is 2.52 bits per heavy atom. The molecule has 0 bridgehead atoms. The van der Waals surface area contributed by atoms with E-state index in [4.69, 9.17) is 4.99 Å². The quantitative estimate of drug-likeness (QED) is 0.567. The lowest BCUT2D eigenvalue weighted by Gasteiger charge is -2.20. The maximum Gasteiger partial charge on any atom is 0.191 e. The van der Waals surface area contributed by atoms with Gasteiger partial charge in [0, 0.05) is 31.7 Å². The first kappa shape index (κ1) is 18.1. The number of nitrogens with one attached hydrogen (secondary N) is 2. The number of aliphatic imine (C=N–C) groups is 1. The van der Waals surface area contributed by atoms with E-state index in [0.29, 0.717) is 24.3 Å². The molecule has 1 saturated heterocycles. The number of rotatable bonds is 5. The maximum atomic E-state index is 9.92. The van der Waals surface area contributed by atoms with Gasteiger partial charge >= 0.3 is 0 Å². The van der Waals surface area contributed by atoms with Gasteiger partial charge in [-0.15, -0.1) is 0 Å². The van der Waals surface area contributed by atoms with Gasteiger partial charge in [0.05, 0.1) is 6.54 Å². The number of hydrogen-bond acceptors (Lipinski definition) is 3. The van der Waals surface area contributed by atoms with E-state index in [9.17, 15) is 5.11 Å². The van der Waals surface area contributed by atoms with Crippen molar-refractivity contribution in [2.24, 2.45) is 10.9 Å². The second-order valence-corrected chi connectivity index (χ2v) is 7.69. The highest BCUT2D eigenvalue weighted by atomic mass is 16.3. The molecule has 5 nitrogen and oxygen atoms in total. The monoisotopic (exact) mass is 344 g/mol. The third-order valence-electron chi connectivity index (χ3n) is 5.34. The van der Waals surface area contributed by atoms with Crippen LogP contribution < -0.4 is 10.6 Å². The molecule has 3 N–H and O–H groups in total. The molecule has 5 heteroatoms. The number of phenolic OH excluding ortho intramolecular Hbond substituents is 1. The zero-order valence-electron chi connectivity index (χ0n) is 16.0. The molecular weight excluding hydrogens is 312 g/mol. The average Bonchev–Trinajstić information content (AvgIpc) is 3.35. The van der Waals surface area contributed by atoms with Gasteiger partial charge in [-0.3, -0.25) is 4.90 Å². The zero-order valence-corrected chi connectivity index (χ0v) is 16.0. The Bertz CT molecular complexity index is 616. The van der Waals surface area contributed by atoms with Gasteiger partial charge in [-0.25, -0.2) is 4.99 Å². The molecule has 1 saturated carbocycles. The molecule has 1 aromatic carbocycles. The predicted octanol–water partition coefficient (Wildman–Crippen LogP) is 2.55. The Hall–Kier alpha value is -1.75. The first-order valence-electron chi connectivity index (χ1n) is 9.56. The normalized spacial score (nSPS) is 24.6. The van der Waals surface area contributed by atoms with Crippen molar-refractivity contribution < 1.29 is 5.11 Å². The number of guanidine groups is 1. The van der Waals surface area contributed by atoms with Crippen LogP contribution in [-0.4, -0.2) is 47.7 Å². The van der Waals surface area contributed by atoms with E-state index in [0.717, 1.165) is 41.8 Å². The Morgan fingerprint density at radius 2 is 1.92 bits per heavy atom. The zero-order chi connectivity index (χ0) is 18.0. The van der Waals surface area contributed by atoms with Crippen LogP contribution in [0, 0.1) is 19.8 Å². The summed E-state index contributed by atoms with van der Waals surface area (Å²) >= 11 is 0. The van der Waals surface area contributed by atoms with Crippen LogP contribution in [0.25, 0.3) is 0 Å². The van der Waals surface area contributed by atoms with Crippen molar-refractivity contribution in [3.05, 3.63) is 28.8 Å². The molecule has 25 heavy (non-hydrogen) atoms. The Morgan fingerprint density at radius 1 is 1.24 bits per heavy atom. The lowest BCUT2D eigenvalue weighted by Crippen LogP contribution is -2.46. The predicted molar refractivity (Wildman–Crippen MR) is 103 cm³/mol. The molecule has 1 heterocycles. The molecule has 2 fully saturated rings. The van der Waals surface area contributed by atoms with Crippen molar-refractivity contribution in [1.82, 2.24) is 15.5 Å². The highest BCUT2D eigenvalue weighted by Crippen LogP contribution is 2.31. The van der Waals surface area contributed by atoms with E-state index in [1.165, 1.54) is 19.4 Å². The van der Waals surface area contributed by atoms with Crippen molar-refractivity contribution in [3.8, 4) is 5.75 Å². The number of likely N-dealkylation sites (tertiary alicyclic amines) is 1. The average molecular weight is 345 g/mol. The summed E-state index contributed by atoms with van der Waals surface area (Å²) in [7, 11) is 0. The molecule has 1 aliphatic carbocycles. The maximum absolute atomic E-state index is 9.92. The number of benzene rings is 1. The summed E-state index contributed by atoms with van der Waals surface area (Å²) in [5.74, 6) is 1.92. The van der Waals surface area contributed by atoms with Gasteiger partial charge in [0.25, 0.3) is 0 Å². The minimum absolute atomic E-state index is 0.387. The van der Waals surface area contributed by atoms with Gasteiger partial charge < -0.3 is 15.7 Å². The van der Waals surface area contributed by atoms with Gasteiger partial charge in [-0.05, 0) is 56.2 Å². The molecule has 0 spiro atoms. The molecule has 2 unspecified atom stereocenters. The lowest BCUT2D eigenvalue weighted by molar-refractivity contribution is 0.315. The van der Waals surface area contributed by atoms with Crippen molar-refractivity contribution in [2.45, 2.75) is 59.2 Å². The first-order chi connectivity index (χ1) is 12.0. The topological polar surface area (TPSA) is 59.9 Å². The van der Waals surface area contributed by atoms with Gasteiger partial charge in [0.2, 0.25) is 0 Å². The van der Waals surface area contributed by atoms with E-state index < -0.39 is 0 Å². The number of phenols is 1. The fourth-order valence-corrected chi connectivity index (χ4v) is 3.73. The Balaban J connectivity index is 1.65. The van der Waals surface area contributed by atoms with Crippen LogP contribution in [0.4, 0.5) is 0 Å². The summed E-state index contributed by atoms with van der Waals surface area (Å²) in [6.45, 7) is 12.1. The van der Waals surface area contributed by atoms with Crippen LogP contribution in [0.5, 0.6) is 5.75 Å². The van der Waals surface area contributed by atoms with Crippen molar-refractivity contribution >= 4 is 5.96 Å². The first-order valence-corrected chi connectivity index (χ1v) is 9.56. The van der Waals surface area contributed by atoms with Crippen LogP contribution >= 0.6 is 0 Å². The van der Waals surface area contributed by atoms with Crippen LogP contribution in [0.2, 0.25) is 0 Å². The van der Waals surface area contributed by atoms with Crippen LogP contribution in [0.3, 0.4) is 0 Å². The van der Waals surface area contributed by atoms with Gasteiger partial charge in [-0.2, -0.15) is 0 Å². The SMILES string of the molecule is CCNC(=NCc1cc(C)c(O)c(C)c1)NC1CN(C2CC2)CC1C. The van der Waals surface area contributed by atoms with Crippen LogP contribution in [0.15, 0.2) is 17.1 Å². The van der Waals surface area contributed by atoms with E-state index in [1.54, 1.807) is 0 Å².